The first-order valence-corrected chi connectivity index (χ1v) is 19.9. The Morgan fingerprint density at radius 2 is 0.845 bits per heavy atom. The molecule has 4 nitrogen and oxygen atoms in total. The van der Waals surface area contributed by atoms with Crippen LogP contribution >= 0.6 is 0 Å². The predicted octanol–water partition coefficient (Wildman–Crippen LogP) is 13.6. The normalized spacial score (nSPS) is 12.8. The predicted molar refractivity (Wildman–Crippen MR) is 239 cm³/mol. The Labute approximate surface area is 337 Å². The largest absolute Gasteiger partial charge is 0.308 e. The van der Waals surface area contributed by atoms with Crippen molar-refractivity contribution in [2.75, 3.05) is 0 Å². The van der Waals surface area contributed by atoms with E-state index in [9.17, 15) is 0 Å². The van der Waals surface area contributed by atoms with E-state index in [2.05, 4.69) is 176 Å². The van der Waals surface area contributed by atoms with Gasteiger partial charge in [0.15, 0.2) is 17.5 Å². The number of aromatic nitrogens is 4. The zero-order valence-corrected chi connectivity index (χ0v) is 32.3. The molecule has 0 unspecified atom stereocenters. The molecule has 0 spiro atoms. The lowest BCUT2D eigenvalue weighted by molar-refractivity contribution is 0.666. The van der Waals surface area contributed by atoms with Gasteiger partial charge < -0.3 is 4.57 Å². The molecule has 0 N–H and O–H groups in total. The molecule has 58 heavy (non-hydrogen) atoms. The molecular formula is C54H38N4. The molecule has 0 saturated carbocycles. The van der Waals surface area contributed by atoms with E-state index in [1.165, 1.54) is 38.5 Å². The minimum atomic E-state index is -0.180. The van der Waals surface area contributed by atoms with Crippen LogP contribution in [0.3, 0.4) is 0 Å². The smallest absolute Gasteiger partial charge is 0.164 e. The Morgan fingerprint density at radius 1 is 0.379 bits per heavy atom. The number of nitrogens with zero attached hydrogens (tertiary/aromatic N) is 4. The van der Waals surface area contributed by atoms with Gasteiger partial charge in [-0.3, -0.25) is 0 Å². The van der Waals surface area contributed by atoms with Gasteiger partial charge in [0.05, 0.1) is 16.7 Å². The van der Waals surface area contributed by atoms with Crippen molar-refractivity contribution in [2.24, 2.45) is 0 Å². The van der Waals surface area contributed by atoms with E-state index in [0.717, 1.165) is 50.1 Å². The van der Waals surface area contributed by atoms with Gasteiger partial charge in [-0.15, -0.1) is 0 Å². The van der Waals surface area contributed by atoms with Gasteiger partial charge in [0, 0.05) is 44.0 Å². The Hall–Kier alpha value is -7.43. The fourth-order valence-electron chi connectivity index (χ4n) is 9.19. The fraction of sp³-hybridized carbons (Fsp3) is 0.0556. The number of benzene rings is 8. The van der Waals surface area contributed by atoms with Gasteiger partial charge in [-0.1, -0.05) is 184 Å². The van der Waals surface area contributed by atoms with Gasteiger partial charge in [-0.05, 0) is 57.6 Å². The second-order valence-electron chi connectivity index (χ2n) is 15.6. The summed E-state index contributed by atoms with van der Waals surface area (Å²) in [4.78, 5) is 15.4. The van der Waals surface area contributed by atoms with E-state index in [4.69, 9.17) is 15.0 Å². The fourth-order valence-corrected chi connectivity index (χ4v) is 9.19. The van der Waals surface area contributed by atoms with Crippen LogP contribution in [0.15, 0.2) is 194 Å². The van der Waals surface area contributed by atoms with Crippen molar-refractivity contribution in [2.45, 2.75) is 19.3 Å². The van der Waals surface area contributed by atoms with E-state index in [0.29, 0.717) is 17.5 Å². The van der Waals surface area contributed by atoms with Gasteiger partial charge in [0.1, 0.15) is 0 Å². The maximum atomic E-state index is 5.21. The first-order chi connectivity index (χ1) is 28.5. The maximum Gasteiger partial charge on any atom is 0.164 e. The maximum absolute atomic E-state index is 5.21. The zero-order chi connectivity index (χ0) is 38.8. The second kappa shape index (κ2) is 13.4. The van der Waals surface area contributed by atoms with Crippen molar-refractivity contribution in [1.29, 1.82) is 0 Å². The van der Waals surface area contributed by atoms with Gasteiger partial charge in [-0.25, -0.2) is 15.0 Å². The first-order valence-electron chi connectivity index (χ1n) is 19.9. The van der Waals surface area contributed by atoms with Crippen molar-refractivity contribution >= 4 is 21.8 Å². The van der Waals surface area contributed by atoms with Crippen molar-refractivity contribution in [3.8, 4) is 73.2 Å². The molecule has 0 bridgehead atoms. The average molecular weight is 743 g/mol. The highest BCUT2D eigenvalue weighted by Gasteiger charge is 2.38. The molecule has 4 heteroatoms. The quantitative estimate of drug-likeness (QED) is 0.170. The molecule has 0 radical (unpaired) electrons. The summed E-state index contributed by atoms with van der Waals surface area (Å²) < 4.78 is 2.51. The van der Waals surface area contributed by atoms with Crippen LogP contribution < -0.4 is 0 Å². The molecule has 11 rings (SSSR count). The lowest BCUT2D eigenvalue weighted by Gasteiger charge is -2.23. The van der Waals surface area contributed by atoms with E-state index in [1.54, 1.807) is 0 Å². The molecular weight excluding hydrogens is 705 g/mol. The van der Waals surface area contributed by atoms with Crippen LogP contribution in [0.25, 0.3) is 95.0 Å². The minimum Gasteiger partial charge on any atom is -0.308 e. The van der Waals surface area contributed by atoms with E-state index >= 15 is 0 Å². The summed E-state index contributed by atoms with van der Waals surface area (Å²) in [6.45, 7) is 4.76. The summed E-state index contributed by atoms with van der Waals surface area (Å²) in [5, 5.41) is 2.55. The molecule has 1 aliphatic rings. The molecule has 0 aliphatic heterocycles. The molecule has 2 heterocycles. The summed E-state index contributed by atoms with van der Waals surface area (Å²) in [6.07, 6.45) is 0. The van der Waals surface area contributed by atoms with Crippen LogP contribution in [0.4, 0.5) is 0 Å². The molecule has 10 aromatic rings. The van der Waals surface area contributed by atoms with Crippen LogP contribution in [-0.4, -0.2) is 19.5 Å². The number of para-hydroxylation sites is 1. The number of rotatable bonds is 6. The van der Waals surface area contributed by atoms with Gasteiger partial charge in [-0.2, -0.15) is 0 Å². The Bertz CT molecular complexity index is 3050. The third-order valence-electron chi connectivity index (χ3n) is 11.8. The molecule has 0 amide bonds. The van der Waals surface area contributed by atoms with E-state index in [-0.39, 0.29) is 5.41 Å². The number of hydrogen-bond acceptors (Lipinski definition) is 3. The highest BCUT2D eigenvalue weighted by molar-refractivity contribution is 6.15. The highest BCUT2D eigenvalue weighted by Crippen LogP contribution is 2.54. The summed E-state index contributed by atoms with van der Waals surface area (Å²) in [7, 11) is 0. The van der Waals surface area contributed by atoms with Gasteiger partial charge in [0.25, 0.3) is 0 Å². The molecule has 0 fully saturated rings. The van der Waals surface area contributed by atoms with Crippen LogP contribution in [0.5, 0.6) is 0 Å². The summed E-state index contributed by atoms with van der Waals surface area (Å²) in [6, 6.07) is 68.9. The van der Waals surface area contributed by atoms with Crippen LogP contribution in [0.1, 0.15) is 25.0 Å². The standard InChI is InChI=1S/C54H38N4/c1-54(2)45-29-17-15-27-40(45)41-31-32-47-48(49(41)54)42-28-16-18-30-46(42)58(47)50-43(35-19-7-3-8-20-35)33-39(34-44(50)36-21-9-4-10-22-36)53-56-51(37-23-11-5-12-24-37)55-52(57-53)38-25-13-6-14-26-38/h3-34H,1-2H3. The van der Waals surface area contributed by atoms with Crippen LogP contribution in [-0.2, 0) is 5.41 Å². The summed E-state index contributed by atoms with van der Waals surface area (Å²) >= 11 is 0. The topological polar surface area (TPSA) is 43.6 Å². The van der Waals surface area contributed by atoms with Crippen LogP contribution in [0, 0.1) is 0 Å². The lowest BCUT2D eigenvalue weighted by atomic mass is 9.80. The molecule has 1 aliphatic carbocycles. The summed E-state index contributed by atoms with van der Waals surface area (Å²) in [5.74, 6) is 1.89. The molecule has 274 valence electrons. The summed E-state index contributed by atoms with van der Waals surface area (Å²) in [5.41, 5.74) is 15.9. The second-order valence-corrected chi connectivity index (χ2v) is 15.6. The first kappa shape index (κ1) is 33.9. The minimum absolute atomic E-state index is 0.180. The van der Waals surface area contributed by atoms with Crippen molar-refractivity contribution in [3.63, 3.8) is 0 Å². The number of hydrogen-bond donors (Lipinski definition) is 0. The Morgan fingerprint density at radius 3 is 1.41 bits per heavy atom. The third kappa shape index (κ3) is 5.33. The molecule has 0 saturated heterocycles. The van der Waals surface area contributed by atoms with Gasteiger partial charge >= 0.3 is 0 Å². The van der Waals surface area contributed by atoms with Crippen molar-refractivity contribution < 1.29 is 0 Å². The van der Waals surface area contributed by atoms with E-state index in [1.807, 2.05) is 36.4 Å². The molecule has 0 atom stereocenters. The average Bonchev–Trinajstić information content (AvgIpc) is 3.75. The highest BCUT2D eigenvalue weighted by atomic mass is 15.0. The molecule has 2 aromatic heterocycles. The Balaban J connectivity index is 1.26. The zero-order valence-electron chi connectivity index (χ0n) is 32.3. The van der Waals surface area contributed by atoms with E-state index < -0.39 is 0 Å². The van der Waals surface area contributed by atoms with Gasteiger partial charge in [0.2, 0.25) is 0 Å². The van der Waals surface area contributed by atoms with Crippen LogP contribution in [0.2, 0.25) is 0 Å². The lowest BCUT2D eigenvalue weighted by Crippen LogP contribution is -2.15. The monoisotopic (exact) mass is 742 g/mol. The third-order valence-corrected chi connectivity index (χ3v) is 11.8. The van der Waals surface area contributed by atoms with Crippen molar-refractivity contribution in [1.82, 2.24) is 19.5 Å². The van der Waals surface area contributed by atoms with Crippen molar-refractivity contribution in [3.05, 3.63) is 205 Å². The molecule has 8 aromatic carbocycles. The SMILES string of the molecule is CC1(C)c2ccccc2-c2ccc3c(c21)c1ccccc1n3-c1c(-c2ccccc2)cc(-c2nc(-c3ccccc3)nc(-c3ccccc3)n2)cc1-c1ccccc1. The Kier molecular flexibility index (Phi) is 7.80. The number of fused-ring (bicyclic) bond motifs is 7.